The molecule has 9 heteroatoms. The number of aromatic nitrogens is 1. The van der Waals surface area contributed by atoms with Gasteiger partial charge in [0, 0.05) is 80.3 Å². The summed E-state index contributed by atoms with van der Waals surface area (Å²) in [7, 11) is 0. The summed E-state index contributed by atoms with van der Waals surface area (Å²) >= 11 is 0. The molecule has 184 valence electrons. The molecular formula is C27H26FN5O3. The van der Waals surface area contributed by atoms with Crippen LogP contribution in [0.25, 0.3) is 10.8 Å². The normalized spacial score (nSPS) is 20.7. The number of hydrogen-bond donors (Lipinski definition) is 1. The van der Waals surface area contributed by atoms with Crippen LogP contribution in [-0.4, -0.2) is 64.7 Å². The number of hydrogen-bond acceptors (Lipinski definition) is 6. The van der Waals surface area contributed by atoms with Crippen molar-refractivity contribution in [3.63, 3.8) is 0 Å². The number of carbonyl (C=O) groups is 3. The minimum Gasteiger partial charge on any atom is -0.369 e. The Hall–Kier alpha value is -3.85. The quantitative estimate of drug-likeness (QED) is 0.569. The zero-order chi connectivity index (χ0) is 24.8. The van der Waals surface area contributed by atoms with E-state index in [0.29, 0.717) is 24.3 Å². The van der Waals surface area contributed by atoms with Gasteiger partial charge in [-0.2, -0.15) is 0 Å². The molecule has 0 aliphatic carbocycles. The van der Waals surface area contributed by atoms with Crippen LogP contribution in [0.5, 0.6) is 0 Å². The number of benzene rings is 2. The number of imide groups is 1. The Bertz CT molecular complexity index is 1380. The molecule has 6 rings (SSSR count). The van der Waals surface area contributed by atoms with Gasteiger partial charge in [-0.05, 0) is 35.6 Å². The van der Waals surface area contributed by atoms with E-state index < -0.39 is 17.8 Å². The van der Waals surface area contributed by atoms with Gasteiger partial charge in [-0.1, -0.05) is 18.2 Å². The molecule has 2 saturated heterocycles. The number of halogens is 1. The topological polar surface area (TPSA) is 85.9 Å². The molecule has 0 bridgehead atoms. The van der Waals surface area contributed by atoms with Crippen molar-refractivity contribution in [2.45, 2.75) is 32.0 Å². The van der Waals surface area contributed by atoms with E-state index >= 15 is 0 Å². The predicted molar refractivity (Wildman–Crippen MR) is 132 cm³/mol. The van der Waals surface area contributed by atoms with Crippen molar-refractivity contribution in [3.8, 4) is 0 Å². The molecule has 1 N–H and O–H groups in total. The lowest BCUT2D eigenvalue weighted by Gasteiger charge is -2.37. The lowest BCUT2D eigenvalue weighted by molar-refractivity contribution is -0.136. The highest BCUT2D eigenvalue weighted by Gasteiger charge is 2.41. The summed E-state index contributed by atoms with van der Waals surface area (Å²) in [6, 6.07) is 10.3. The summed E-state index contributed by atoms with van der Waals surface area (Å²) < 4.78 is 14.6. The van der Waals surface area contributed by atoms with Gasteiger partial charge in [0.2, 0.25) is 11.8 Å². The second-order valence-electron chi connectivity index (χ2n) is 9.63. The number of pyridine rings is 1. The van der Waals surface area contributed by atoms with Crippen molar-refractivity contribution >= 4 is 34.2 Å². The smallest absolute Gasteiger partial charge is 0.255 e. The molecule has 36 heavy (non-hydrogen) atoms. The molecular weight excluding hydrogens is 461 g/mol. The van der Waals surface area contributed by atoms with Gasteiger partial charge in [-0.3, -0.25) is 29.6 Å². The Kier molecular flexibility index (Phi) is 5.64. The number of piperazine rings is 1. The van der Waals surface area contributed by atoms with Crippen molar-refractivity contribution in [1.29, 1.82) is 0 Å². The summed E-state index contributed by atoms with van der Waals surface area (Å²) in [6.07, 6.45) is 4.17. The zero-order valence-corrected chi connectivity index (χ0v) is 19.7. The molecule has 0 spiro atoms. The third-order valence-electron chi connectivity index (χ3n) is 7.48. The lowest BCUT2D eigenvalue weighted by Crippen LogP contribution is -2.52. The van der Waals surface area contributed by atoms with Crippen LogP contribution in [0.1, 0.15) is 34.3 Å². The number of piperidine rings is 1. The van der Waals surface area contributed by atoms with Crippen LogP contribution in [0, 0.1) is 5.82 Å². The van der Waals surface area contributed by atoms with E-state index in [0.717, 1.165) is 30.6 Å². The van der Waals surface area contributed by atoms with Crippen molar-refractivity contribution in [1.82, 2.24) is 20.1 Å². The first-order valence-corrected chi connectivity index (χ1v) is 12.2. The molecule has 1 unspecified atom stereocenters. The van der Waals surface area contributed by atoms with E-state index in [2.05, 4.69) is 38.3 Å². The number of rotatable bonds is 4. The van der Waals surface area contributed by atoms with Gasteiger partial charge in [-0.15, -0.1) is 0 Å². The standard InChI is InChI=1S/C27H26FN5O3/c28-19-12-20-22(16-33(27(20)36)23-4-5-25(34)30-26(23)35)24(13-19)32-10-8-31(9-11-32)15-18-3-1-2-17-6-7-29-14-21(17)18/h1-3,6-7,12-14,23H,4-5,8-11,15-16H2,(H,30,34,35). The SMILES string of the molecule is O=C1CCC(N2Cc3c(cc(F)cc3N3CCN(Cc4cccc5ccncc45)CC3)C2=O)C(=O)N1. The molecule has 0 radical (unpaired) electrons. The van der Waals surface area contributed by atoms with Gasteiger partial charge < -0.3 is 9.80 Å². The van der Waals surface area contributed by atoms with E-state index in [9.17, 15) is 18.8 Å². The average Bonchev–Trinajstić information content (AvgIpc) is 3.20. The minimum absolute atomic E-state index is 0.187. The molecule has 3 amide bonds. The average molecular weight is 488 g/mol. The van der Waals surface area contributed by atoms with Crippen LogP contribution in [-0.2, 0) is 22.7 Å². The van der Waals surface area contributed by atoms with Gasteiger partial charge in [0.1, 0.15) is 11.9 Å². The number of carbonyl (C=O) groups excluding carboxylic acids is 3. The molecule has 3 aliphatic heterocycles. The molecule has 0 saturated carbocycles. The molecule has 8 nitrogen and oxygen atoms in total. The first kappa shape index (κ1) is 22.6. The predicted octanol–water partition coefficient (Wildman–Crippen LogP) is 2.46. The maximum absolute atomic E-state index is 14.6. The van der Waals surface area contributed by atoms with E-state index in [1.807, 2.05) is 12.3 Å². The Balaban J connectivity index is 1.19. The summed E-state index contributed by atoms with van der Waals surface area (Å²) in [4.78, 5) is 47.3. The summed E-state index contributed by atoms with van der Waals surface area (Å²) in [5.41, 5.74) is 2.99. The number of nitrogens with zero attached hydrogens (tertiary/aromatic N) is 4. The van der Waals surface area contributed by atoms with Crippen molar-refractivity contribution in [2.75, 3.05) is 31.1 Å². The molecule has 2 fully saturated rings. The first-order valence-electron chi connectivity index (χ1n) is 12.2. The molecule has 1 atom stereocenters. The Morgan fingerprint density at radius 3 is 2.69 bits per heavy atom. The second-order valence-corrected chi connectivity index (χ2v) is 9.63. The Labute approximate surface area is 207 Å². The molecule has 2 aromatic carbocycles. The first-order chi connectivity index (χ1) is 17.5. The van der Waals surface area contributed by atoms with E-state index in [1.165, 1.54) is 28.0 Å². The fraction of sp³-hybridized carbons (Fsp3) is 0.333. The van der Waals surface area contributed by atoms with Crippen LogP contribution in [0.3, 0.4) is 0 Å². The summed E-state index contributed by atoms with van der Waals surface area (Å²) in [6.45, 7) is 4.04. The maximum atomic E-state index is 14.6. The lowest BCUT2D eigenvalue weighted by atomic mass is 10.0. The number of fused-ring (bicyclic) bond motifs is 2. The molecule has 3 aromatic rings. The van der Waals surface area contributed by atoms with Crippen molar-refractivity contribution in [3.05, 3.63) is 71.3 Å². The largest absolute Gasteiger partial charge is 0.369 e. The molecule has 4 heterocycles. The van der Waals surface area contributed by atoms with Gasteiger partial charge >= 0.3 is 0 Å². The van der Waals surface area contributed by atoms with Gasteiger partial charge in [0.25, 0.3) is 5.91 Å². The fourth-order valence-corrected chi connectivity index (χ4v) is 5.59. The van der Waals surface area contributed by atoms with Crippen LogP contribution in [0.4, 0.5) is 10.1 Å². The van der Waals surface area contributed by atoms with E-state index in [1.54, 1.807) is 6.20 Å². The minimum atomic E-state index is -0.717. The third kappa shape index (κ3) is 3.99. The number of anilines is 1. The zero-order valence-electron chi connectivity index (χ0n) is 19.7. The van der Waals surface area contributed by atoms with Crippen LogP contribution in [0.15, 0.2) is 48.8 Å². The van der Waals surface area contributed by atoms with Gasteiger partial charge in [0.05, 0.1) is 0 Å². The van der Waals surface area contributed by atoms with E-state index in [-0.39, 0.29) is 31.2 Å². The van der Waals surface area contributed by atoms with Gasteiger partial charge in [-0.25, -0.2) is 4.39 Å². The van der Waals surface area contributed by atoms with Crippen molar-refractivity contribution in [2.24, 2.45) is 0 Å². The molecule has 1 aromatic heterocycles. The van der Waals surface area contributed by atoms with Crippen molar-refractivity contribution < 1.29 is 18.8 Å². The second kappa shape index (κ2) is 8.98. The number of nitrogens with one attached hydrogen (secondary N) is 1. The van der Waals surface area contributed by atoms with Crippen LogP contribution >= 0.6 is 0 Å². The fourth-order valence-electron chi connectivity index (χ4n) is 5.59. The van der Waals surface area contributed by atoms with Crippen LogP contribution in [0.2, 0.25) is 0 Å². The maximum Gasteiger partial charge on any atom is 0.255 e. The highest BCUT2D eigenvalue weighted by Crippen LogP contribution is 2.35. The number of amides is 3. The van der Waals surface area contributed by atoms with Gasteiger partial charge in [0.15, 0.2) is 0 Å². The highest BCUT2D eigenvalue weighted by molar-refractivity contribution is 6.06. The summed E-state index contributed by atoms with van der Waals surface area (Å²) in [5.74, 6) is -1.62. The highest BCUT2D eigenvalue weighted by atomic mass is 19.1. The van der Waals surface area contributed by atoms with E-state index in [4.69, 9.17) is 0 Å². The Morgan fingerprint density at radius 1 is 1.06 bits per heavy atom. The Morgan fingerprint density at radius 2 is 1.89 bits per heavy atom. The third-order valence-corrected chi connectivity index (χ3v) is 7.48. The summed E-state index contributed by atoms with van der Waals surface area (Å²) in [5, 5.41) is 4.63. The van der Waals surface area contributed by atoms with Crippen LogP contribution < -0.4 is 10.2 Å². The monoisotopic (exact) mass is 487 g/mol. The molecule has 3 aliphatic rings.